The molecule has 5 nitrogen and oxygen atoms in total. The van der Waals surface area contributed by atoms with Crippen molar-refractivity contribution in [2.24, 2.45) is 0 Å². The summed E-state index contributed by atoms with van der Waals surface area (Å²) in [6.07, 6.45) is -4.24. The van der Waals surface area contributed by atoms with Crippen LogP contribution in [0, 0.1) is 0 Å². The molecule has 64 valence electrons. The van der Waals surface area contributed by atoms with Crippen molar-refractivity contribution in [3.63, 3.8) is 0 Å². The topological polar surface area (TPSA) is 82.5 Å². The van der Waals surface area contributed by atoms with E-state index < -0.39 is 24.6 Å². The molecule has 3 N–H and O–H groups in total. The molecule has 2 heterocycles. The fraction of sp³-hybridized carbons (Fsp3) is 1.00. The van der Waals surface area contributed by atoms with Crippen molar-refractivity contribution in [2.45, 2.75) is 30.7 Å². The van der Waals surface area contributed by atoms with E-state index >= 15 is 0 Å². The van der Waals surface area contributed by atoms with Gasteiger partial charge in [-0.3, -0.25) is 0 Å². The number of rotatable bonds is 1. The Morgan fingerprint density at radius 2 is 1.73 bits per heavy atom. The highest BCUT2D eigenvalue weighted by Crippen LogP contribution is 2.28. The minimum Gasteiger partial charge on any atom is -0.387 e. The van der Waals surface area contributed by atoms with E-state index in [1.165, 1.54) is 0 Å². The van der Waals surface area contributed by atoms with Crippen LogP contribution in [-0.2, 0) is 9.47 Å². The number of hydrogen-bond donors (Lipinski definition) is 3. The highest BCUT2D eigenvalue weighted by molar-refractivity contribution is 4.94. The predicted molar refractivity (Wildman–Crippen MR) is 32.6 cm³/mol. The molecule has 5 unspecified atom stereocenters. The van der Waals surface area contributed by atoms with Crippen LogP contribution in [0.5, 0.6) is 0 Å². The van der Waals surface area contributed by atoms with Gasteiger partial charge in [0.2, 0.25) is 0 Å². The highest BCUT2D eigenvalue weighted by atomic mass is 16.7. The third kappa shape index (κ3) is 1.15. The summed E-state index contributed by atoms with van der Waals surface area (Å²) in [5, 5.41) is 27.2. The molecule has 2 rings (SSSR count). The van der Waals surface area contributed by atoms with Gasteiger partial charge >= 0.3 is 0 Å². The molecule has 0 saturated carbocycles. The lowest BCUT2D eigenvalue weighted by Crippen LogP contribution is -2.34. The van der Waals surface area contributed by atoms with Crippen LogP contribution in [-0.4, -0.2) is 52.6 Å². The van der Waals surface area contributed by atoms with Crippen LogP contribution in [0.1, 0.15) is 0 Å². The lowest BCUT2D eigenvalue weighted by Gasteiger charge is -2.10. The molecule has 0 spiro atoms. The molecule has 0 amide bonds. The van der Waals surface area contributed by atoms with Gasteiger partial charge in [0, 0.05) is 0 Å². The largest absolute Gasteiger partial charge is 0.387 e. The molecule has 5 heteroatoms. The van der Waals surface area contributed by atoms with Crippen molar-refractivity contribution in [2.75, 3.05) is 6.61 Å². The van der Waals surface area contributed by atoms with Crippen molar-refractivity contribution in [1.29, 1.82) is 0 Å². The maximum atomic E-state index is 9.22. The van der Waals surface area contributed by atoms with Crippen LogP contribution in [0.25, 0.3) is 0 Å². The van der Waals surface area contributed by atoms with Crippen molar-refractivity contribution in [1.82, 2.24) is 0 Å². The summed E-state index contributed by atoms with van der Waals surface area (Å²) >= 11 is 0. The minimum atomic E-state index is -1.28. The Kier molecular flexibility index (Phi) is 1.62. The minimum absolute atomic E-state index is 0.156. The van der Waals surface area contributed by atoms with Gasteiger partial charge in [-0.15, -0.1) is 0 Å². The Labute approximate surface area is 63.2 Å². The van der Waals surface area contributed by atoms with Crippen molar-refractivity contribution in [3.8, 4) is 0 Å². The number of ether oxygens (including phenoxy) is 2. The van der Waals surface area contributed by atoms with Crippen LogP contribution in [0.3, 0.4) is 0 Å². The average molecular weight is 162 g/mol. The van der Waals surface area contributed by atoms with E-state index in [-0.39, 0.29) is 6.10 Å². The first-order valence-electron chi connectivity index (χ1n) is 3.51. The van der Waals surface area contributed by atoms with Gasteiger partial charge < -0.3 is 24.8 Å². The van der Waals surface area contributed by atoms with Crippen molar-refractivity contribution >= 4 is 0 Å². The molecule has 0 radical (unpaired) electrons. The number of hydrogen-bond acceptors (Lipinski definition) is 5. The van der Waals surface area contributed by atoms with E-state index in [2.05, 4.69) is 0 Å². The molecule has 11 heavy (non-hydrogen) atoms. The fourth-order valence-electron chi connectivity index (χ4n) is 1.24. The van der Waals surface area contributed by atoms with E-state index in [1.807, 2.05) is 0 Å². The third-order valence-electron chi connectivity index (χ3n) is 2.00. The molecule has 0 aromatic heterocycles. The number of epoxide rings is 1. The summed E-state index contributed by atoms with van der Waals surface area (Å²) in [7, 11) is 0. The summed E-state index contributed by atoms with van der Waals surface area (Å²) in [6, 6.07) is 0. The molecule has 2 saturated heterocycles. The second-order valence-electron chi connectivity index (χ2n) is 2.84. The summed E-state index contributed by atoms with van der Waals surface area (Å²) in [6.45, 7) is 0.529. The smallest absolute Gasteiger partial charge is 0.184 e. The van der Waals surface area contributed by atoms with E-state index in [0.29, 0.717) is 6.61 Å². The lowest BCUT2D eigenvalue weighted by molar-refractivity contribution is -0.129. The van der Waals surface area contributed by atoms with Gasteiger partial charge in [-0.05, 0) is 0 Å². The summed E-state index contributed by atoms with van der Waals surface area (Å²) < 4.78 is 9.69. The third-order valence-corrected chi connectivity index (χ3v) is 2.00. The molecule has 0 bridgehead atoms. The Morgan fingerprint density at radius 3 is 2.09 bits per heavy atom. The summed E-state index contributed by atoms with van der Waals surface area (Å²) in [5.74, 6) is 0. The van der Waals surface area contributed by atoms with Crippen LogP contribution < -0.4 is 0 Å². The van der Waals surface area contributed by atoms with E-state index in [0.717, 1.165) is 0 Å². The highest BCUT2D eigenvalue weighted by Gasteiger charge is 2.49. The van der Waals surface area contributed by atoms with Crippen molar-refractivity contribution < 1.29 is 24.8 Å². The zero-order valence-corrected chi connectivity index (χ0v) is 5.75. The molecule has 0 aromatic rings. The van der Waals surface area contributed by atoms with E-state index in [9.17, 15) is 5.11 Å². The van der Waals surface area contributed by atoms with Gasteiger partial charge in [0.1, 0.15) is 24.4 Å². The molecule has 2 aliphatic heterocycles. The maximum absolute atomic E-state index is 9.22. The maximum Gasteiger partial charge on any atom is 0.184 e. The quantitative estimate of drug-likeness (QED) is 0.382. The Balaban J connectivity index is 2.01. The van der Waals surface area contributed by atoms with Gasteiger partial charge in [0.25, 0.3) is 0 Å². The van der Waals surface area contributed by atoms with Crippen LogP contribution >= 0.6 is 0 Å². The van der Waals surface area contributed by atoms with Crippen molar-refractivity contribution in [3.05, 3.63) is 0 Å². The second-order valence-corrected chi connectivity index (χ2v) is 2.84. The normalized spacial score (nSPS) is 56.5. The van der Waals surface area contributed by atoms with Gasteiger partial charge in [-0.2, -0.15) is 0 Å². The van der Waals surface area contributed by atoms with Crippen LogP contribution in [0.4, 0.5) is 0 Å². The molecular weight excluding hydrogens is 152 g/mol. The zero-order chi connectivity index (χ0) is 8.01. The molecule has 2 aliphatic rings. The molecule has 0 aromatic carbocycles. The van der Waals surface area contributed by atoms with E-state index in [4.69, 9.17) is 19.7 Å². The van der Waals surface area contributed by atoms with Gasteiger partial charge in [0.15, 0.2) is 6.29 Å². The van der Waals surface area contributed by atoms with Gasteiger partial charge in [0.05, 0.1) is 6.61 Å². The Hall–Kier alpha value is -0.200. The average Bonchev–Trinajstić information content (AvgIpc) is 2.76. The first kappa shape index (κ1) is 7.45. The monoisotopic (exact) mass is 162 g/mol. The van der Waals surface area contributed by atoms with E-state index in [1.54, 1.807) is 0 Å². The fourth-order valence-corrected chi connectivity index (χ4v) is 1.24. The lowest BCUT2D eigenvalue weighted by atomic mass is 10.1. The zero-order valence-electron chi connectivity index (χ0n) is 5.75. The molecule has 5 atom stereocenters. The first-order valence-corrected chi connectivity index (χ1v) is 3.51. The molecule has 0 aliphatic carbocycles. The summed E-state index contributed by atoms with van der Waals surface area (Å²) in [4.78, 5) is 0. The molecule has 2 fully saturated rings. The van der Waals surface area contributed by atoms with Gasteiger partial charge in [-0.1, -0.05) is 0 Å². The number of aliphatic hydroxyl groups is 3. The van der Waals surface area contributed by atoms with Crippen LogP contribution in [0.2, 0.25) is 0 Å². The first-order chi connectivity index (χ1) is 5.20. The molecular formula is C6H10O5. The second kappa shape index (κ2) is 2.40. The Morgan fingerprint density at radius 1 is 1.09 bits per heavy atom. The van der Waals surface area contributed by atoms with Gasteiger partial charge in [-0.25, -0.2) is 0 Å². The predicted octanol–water partition coefficient (Wildman–Crippen LogP) is -2.18. The number of aliphatic hydroxyl groups excluding tert-OH is 3. The Bertz CT molecular complexity index is 157. The standard InChI is InChI=1S/C6H10O5/c7-3-4(8)6(9)11-5(3)2-1-10-2/h2-9H,1H2. The SMILES string of the molecule is OC1OC(C2CO2)C(O)C1O. The summed E-state index contributed by atoms with van der Waals surface area (Å²) in [5.41, 5.74) is 0. The van der Waals surface area contributed by atoms with Crippen LogP contribution in [0.15, 0.2) is 0 Å².